The fraction of sp³-hybridized carbons (Fsp3) is 0.308. The molecule has 0 amide bonds. The van der Waals surface area contributed by atoms with Crippen LogP contribution < -0.4 is 10.1 Å². The Morgan fingerprint density at radius 1 is 1.37 bits per heavy atom. The van der Waals surface area contributed by atoms with Crippen molar-refractivity contribution in [3.8, 4) is 5.88 Å². The Morgan fingerprint density at radius 2 is 2.26 bits per heavy atom. The molecule has 1 fully saturated rings. The van der Waals surface area contributed by atoms with Crippen LogP contribution in [0, 0.1) is 10.1 Å². The Bertz CT molecular complexity index is 624. The van der Waals surface area contributed by atoms with E-state index in [9.17, 15) is 10.1 Å². The van der Waals surface area contributed by atoms with Gasteiger partial charge in [-0.2, -0.15) is 0 Å². The number of nitro benzene ring substituents is 1. The van der Waals surface area contributed by atoms with Gasteiger partial charge in [-0.05, 0) is 25.1 Å². The molecular weight excluding hydrogens is 246 g/mol. The van der Waals surface area contributed by atoms with Gasteiger partial charge in [0.2, 0.25) is 5.88 Å². The summed E-state index contributed by atoms with van der Waals surface area (Å²) in [5.74, 6) is 0.565. The van der Waals surface area contributed by atoms with Crippen molar-refractivity contribution in [2.45, 2.75) is 12.5 Å². The van der Waals surface area contributed by atoms with Crippen LogP contribution in [0.2, 0.25) is 0 Å². The predicted molar refractivity (Wildman–Crippen MR) is 70.3 cm³/mol. The topological polar surface area (TPSA) is 77.3 Å². The minimum absolute atomic E-state index is 0.0722. The van der Waals surface area contributed by atoms with Gasteiger partial charge in [-0.15, -0.1) is 0 Å². The van der Waals surface area contributed by atoms with Gasteiger partial charge in [0.1, 0.15) is 6.10 Å². The fourth-order valence-electron chi connectivity index (χ4n) is 2.17. The van der Waals surface area contributed by atoms with Crippen molar-refractivity contribution in [1.29, 1.82) is 0 Å². The molecular formula is C13H13N3O3. The Labute approximate surface area is 109 Å². The molecule has 0 saturated carbocycles. The van der Waals surface area contributed by atoms with Crippen molar-refractivity contribution >= 4 is 16.6 Å². The van der Waals surface area contributed by atoms with Crippen LogP contribution in [-0.4, -0.2) is 29.1 Å². The molecule has 2 aromatic rings. The van der Waals surface area contributed by atoms with Crippen molar-refractivity contribution in [2.24, 2.45) is 0 Å². The third-order valence-corrected chi connectivity index (χ3v) is 3.16. The summed E-state index contributed by atoms with van der Waals surface area (Å²) in [4.78, 5) is 14.7. The first-order valence-electron chi connectivity index (χ1n) is 6.15. The second-order valence-electron chi connectivity index (χ2n) is 4.52. The first-order valence-corrected chi connectivity index (χ1v) is 6.15. The third kappa shape index (κ3) is 2.48. The lowest BCUT2D eigenvalue weighted by Crippen LogP contribution is -2.19. The molecule has 1 aromatic carbocycles. The van der Waals surface area contributed by atoms with E-state index in [4.69, 9.17) is 4.74 Å². The highest BCUT2D eigenvalue weighted by Crippen LogP contribution is 2.22. The lowest BCUT2D eigenvalue weighted by molar-refractivity contribution is -0.384. The number of rotatable bonds is 3. The highest BCUT2D eigenvalue weighted by molar-refractivity contribution is 5.81. The van der Waals surface area contributed by atoms with Gasteiger partial charge >= 0.3 is 0 Å². The number of nitro groups is 1. The molecule has 0 radical (unpaired) electrons. The third-order valence-electron chi connectivity index (χ3n) is 3.16. The van der Waals surface area contributed by atoms with E-state index >= 15 is 0 Å². The molecule has 1 aromatic heterocycles. The van der Waals surface area contributed by atoms with Crippen molar-refractivity contribution in [2.75, 3.05) is 13.1 Å². The van der Waals surface area contributed by atoms with E-state index in [1.54, 1.807) is 18.2 Å². The Hall–Kier alpha value is -2.21. The molecule has 1 atom stereocenters. The van der Waals surface area contributed by atoms with Crippen molar-refractivity contribution in [3.63, 3.8) is 0 Å². The van der Waals surface area contributed by atoms with E-state index < -0.39 is 4.92 Å². The molecule has 3 rings (SSSR count). The first-order chi connectivity index (χ1) is 9.22. The van der Waals surface area contributed by atoms with E-state index in [2.05, 4.69) is 10.3 Å². The number of ether oxygens (including phenoxy) is 1. The number of pyridine rings is 1. The fourth-order valence-corrected chi connectivity index (χ4v) is 2.17. The van der Waals surface area contributed by atoms with Crippen molar-refractivity contribution in [1.82, 2.24) is 10.3 Å². The van der Waals surface area contributed by atoms with Crippen LogP contribution in [0.4, 0.5) is 5.69 Å². The molecule has 98 valence electrons. The van der Waals surface area contributed by atoms with Crippen LogP contribution in [-0.2, 0) is 0 Å². The number of nitrogens with one attached hydrogen (secondary N) is 1. The van der Waals surface area contributed by atoms with E-state index in [-0.39, 0.29) is 11.8 Å². The Morgan fingerprint density at radius 3 is 3.00 bits per heavy atom. The summed E-state index contributed by atoms with van der Waals surface area (Å²) >= 11 is 0. The number of fused-ring (bicyclic) bond motifs is 1. The standard InChI is InChI=1S/C13H13N3O3/c17-16(18)10-2-3-12-9(7-10)1-4-13(15-12)19-11-5-6-14-8-11/h1-4,7,11,14H,5-6,8H2. The number of hydrogen-bond donors (Lipinski definition) is 1. The highest BCUT2D eigenvalue weighted by Gasteiger charge is 2.16. The maximum absolute atomic E-state index is 10.7. The van der Waals surface area contributed by atoms with Gasteiger partial charge in [-0.1, -0.05) is 0 Å². The summed E-state index contributed by atoms with van der Waals surface area (Å²) in [7, 11) is 0. The molecule has 1 unspecified atom stereocenters. The smallest absolute Gasteiger partial charge is 0.270 e. The van der Waals surface area contributed by atoms with Gasteiger partial charge in [-0.3, -0.25) is 10.1 Å². The Kier molecular flexibility index (Phi) is 3.00. The number of benzene rings is 1. The van der Waals surface area contributed by atoms with E-state index in [1.165, 1.54) is 12.1 Å². The lowest BCUT2D eigenvalue weighted by atomic mass is 10.2. The van der Waals surface area contributed by atoms with Gasteiger partial charge < -0.3 is 10.1 Å². The van der Waals surface area contributed by atoms with Crippen LogP contribution in [0.5, 0.6) is 5.88 Å². The molecule has 2 heterocycles. The molecule has 6 nitrogen and oxygen atoms in total. The highest BCUT2D eigenvalue weighted by atomic mass is 16.6. The normalized spacial score (nSPS) is 18.6. The average molecular weight is 259 g/mol. The number of nitrogens with zero attached hydrogens (tertiary/aromatic N) is 2. The van der Waals surface area contributed by atoms with Gasteiger partial charge in [0.15, 0.2) is 0 Å². The van der Waals surface area contributed by atoms with E-state index in [1.807, 2.05) is 0 Å². The van der Waals surface area contributed by atoms with Crippen LogP contribution >= 0.6 is 0 Å². The molecule has 1 N–H and O–H groups in total. The first kappa shape index (κ1) is 11.9. The molecule has 6 heteroatoms. The molecule has 0 spiro atoms. The van der Waals surface area contributed by atoms with Gasteiger partial charge in [-0.25, -0.2) is 4.98 Å². The van der Waals surface area contributed by atoms with Gasteiger partial charge in [0, 0.05) is 30.1 Å². The van der Waals surface area contributed by atoms with Crippen LogP contribution in [0.25, 0.3) is 10.9 Å². The average Bonchev–Trinajstić information content (AvgIpc) is 2.91. The summed E-state index contributed by atoms with van der Waals surface area (Å²) in [5.41, 5.74) is 0.775. The molecule has 0 bridgehead atoms. The molecule has 19 heavy (non-hydrogen) atoms. The van der Waals surface area contributed by atoms with Crippen LogP contribution in [0.3, 0.4) is 0 Å². The number of aromatic nitrogens is 1. The minimum atomic E-state index is -0.409. The molecule has 1 saturated heterocycles. The van der Waals surface area contributed by atoms with E-state index in [0.717, 1.165) is 24.9 Å². The Balaban J connectivity index is 1.88. The predicted octanol–water partition coefficient (Wildman–Crippen LogP) is 1.88. The zero-order valence-electron chi connectivity index (χ0n) is 10.2. The summed E-state index contributed by atoms with van der Waals surface area (Å²) in [5, 5.41) is 14.7. The number of non-ortho nitro benzene ring substituents is 1. The SMILES string of the molecule is O=[N+]([O-])c1ccc2nc(OC3CCNC3)ccc2c1. The maximum Gasteiger partial charge on any atom is 0.270 e. The summed E-state index contributed by atoms with van der Waals surface area (Å²) < 4.78 is 5.75. The zero-order valence-corrected chi connectivity index (χ0v) is 10.2. The summed E-state index contributed by atoms with van der Waals surface area (Å²) in [6.45, 7) is 1.80. The van der Waals surface area contributed by atoms with Gasteiger partial charge in [0.25, 0.3) is 5.69 Å². The zero-order chi connectivity index (χ0) is 13.2. The lowest BCUT2D eigenvalue weighted by Gasteiger charge is -2.11. The summed E-state index contributed by atoms with van der Waals surface area (Å²) in [6.07, 6.45) is 1.13. The second kappa shape index (κ2) is 4.81. The second-order valence-corrected chi connectivity index (χ2v) is 4.52. The molecule has 1 aliphatic heterocycles. The minimum Gasteiger partial charge on any atom is -0.473 e. The monoisotopic (exact) mass is 259 g/mol. The van der Waals surface area contributed by atoms with Crippen molar-refractivity contribution < 1.29 is 9.66 Å². The van der Waals surface area contributed by atoms with Gasteiger partial charge in [0.05, 0.1) is 10.4 Å². The molecule has 1 aliphatic rings. The summed E-state index contributed by atoms with van der Waals surface area (Å²) in [6, 6.07) is 8.17. The maximum atomic E-state index is 10.7. The molecule has 0 aliphatic carbocycles. The van der Waals surface area contributed by atoms with Crippen LogP contribution in [0.15, 0.2) is 30.3 Å². The quantitative estimate of drug-likeness (QED) is 0.672. The largest absolute Gasteiger partial charge is 0.473 e. The van der Waals surface area contributed by atoms with E-state index in [0.29, 0.717) is 11.4 Å². The van der Waals surface area contributed by atoms with Crippen molar-refractivity contribution in [3.05, 3.63) is 40.4 Å². The van der Waals surface area contributed by atoms with Crippen LogP contribution in [0.1, 0.15) is 6.42 Å². The number of hydrogen-bond acceptors (Lipinski definition) is 5.